The van der Waals surface area contributed by atoms with Crippen molar-refractivity contribution in [2.45, 2.75) is 257 Å². The van der Waals surface area contributed by atoms with Crippen molar-refractivity contribution in [2.75, 3.05) is 26.4 Å². The number of hydrogen-bond acceptors (Lipinski definition) is 9. The molecule has 0 heterocycles. The molecule has 3 unspecified atom stereocenters. The highest BCUT2D eigenvalue weighted by molar-refractivity contribution is 7.47. The molecule has 65 heavy (non-hydrogen) atoms. The SMILES string of the molecule is CCCCC/C=C\C/C=C\C/C=C\CCCCCCCCC(=O)OC(CO)COP(=O)(O)OCC(CO)OC(=O)CCCCCCCCCCCCC/C=C\CCCCCCCCCC. The van der Waals surface area contributed by atoms with E-state index in [0.29, 0.717) is 12.8 Å². The summed E-state index contributed by atoms with van der Waals surface area (Å²) in [4.78, 5) is 34.7. The Balaban J connectivity index is 3.83. The maximum atomic E-state index is 12.4. The van der Waals surface area contributed by atoms with E-state index in [1.165, 1.54) is 135 Å². The third kappa shape index (κ3) is 48.2. The first-order chi connectivity index (χ1) is 31.8. The molecule has 3 N–H and O–H groups in total. The molecule has 10 nitrogen and oxygen atoms in total. The first-order valence-corrected chi connectivity index (χ1v) is 28.1. The molecule has 0 bridgehead atoms. The number of ether oxygens (including phenoxy) is 2. The minimum atomic E-state index is -4.65. The van der Waals surface area contributed by atoms with Crippen LogP contribution in [0.4, 0.5) is 0 Å². The van der Waals surface area contributed by atoms with Crippen LogP contribution in [-0.4, -0.2) is 65.7 Å². The van der Waals surface area contributed by atoms with Crippen LogP contribution >= 0.6 is 7.82 Å². The normalized spacial score (nSPS) is 14.0. The highest BCUT2D eigenvalue weighted by Gasteiger charge is 2.27. The van der Waals surface area contributed by atoms with Crippen molar-refractivity contribution >= 4 is 19.8 Å². The van der Waals surface area contributed by atoms with Crippen molar-refractivity contribution in [3.8, 4) is 0 Å². The molecule has 3 atom stereocenters. The zero-order valence-corrected chi connectivity index (χ0v) is 42.6. The van der Waals surface area contributed by atoms with Crippen molar-refractivity contribution in [2.24, 2.45) is 0 Å². The molecule has 380 valence electrons. The van der Waals surface area contributed by atoms with Crippen LogP contribution in [-0.2, 0) is 32.7 Å². The van der Waals surface area contributed by atoms with Gasteiger partial charge in [0, 0.05) is 12.8 Å². The van der Waals surface area contributed by atoms with Gasteiger partial charge in [0.05, 0.1) is 26.4 Å². The molecule has 0 amide bonds. The summed E-state index contributed by atoms with van der Waals surface area (Å²) in [6.07, 6.45) is 56.6. The zero-order valence-electron chi connectivity index (χ0n) is 41.7. The van der Waals surface area contributed by atoms with Gasteiger partial charge in [-0.3, -0.25) is 18.6 Å². The zero-order chi connectivity index (χ0) is 47.6. The number of allylic oxidation sites excluding steroid dienone is 8. The van der Waals surface area contributed by atoms with Crippen molar-refractivity contribution in [1.82, 2.24) is 0 Å². The molecule has 0 saturated carbocycles. The number of aliphatic hydroxyl groups excluding tert-OH is 2. The molecule has 0 aromatic heterocycles. The van der Waals surface area contributed by atoms with Gasteiger partial charge in [-0.15, -0.1) is 0 Å². The van der Waals surface area contributed by atoms with Crippen LogP contribution in [0.15, 0.2) is 48.6 Å². The van der Waals surface area contributed by atoms with Gasteiger partial charge in [0.2, 0.25) is 0 Å². The summed E-state index contributed by atoms with van der Waals surface area (Å²) in [6.45, 7) is 2.20. The van der Waals surface area contributed by atoms with Gasteiger partial charge in [-0.1, -0.05) is 204 Å². The Bertz CT molecular complexity index is 1220. The number of unbranched alkanes of at least 4 members (excludes halogenated alkanes) is 28. The molecule has 0 aliphatic heterocycles. The number of carbonyl (C=O) groups excluding carboxylic acids is 2. The molecule has 0 saturated heterocycles. The van der Waals surface area contributed by atoms with E-state index in [0.717, 1.165) is 70.6 Å². The van der Waals surface area contributed by atoms with Crippen molar-refractivity contribution < 1.29 is 47.8 Å². The first kappa shape index (κ1) is 62.9. The van der Waals surface area contributed by atoms with Crippen LogP contribution in [0.1, 0.15) is 245 Å². The molecular weight excluding hydrogens is 840 g/mol. The maximum absolute atomic E-state index is 12.4. The molecule has 0 aromatic carbocycles. The van der Waals surface area contributed by atoms with Crippen molar-refractivity contribution in [3.05, 3.63) is 48.6 Å². The molecule has 0 fully saturated rings. The average molecular weight is 939 g/mol. The van der Waals surface area contributed by atoms with E-state index >= 15 is 0 Å². The minimum Gasteiger partial charge on any atom is -0.457 e. The van der Waals surface area contributed by atoms with Crippen LogP contribution in [0, 0.1) is 0 Å². The van der Waals surface area contributed by atoms with Crippen LogP contribution < -0.4 is 0 Å². The third-order valence-corrected chi connectivity index (χ3v) is 12.5. The van der Waals surface area contributed by atoms with E-state index in [4.69, 9.17) is 18.5 Å². The smallest absolute Gasteiger partial charge is 0.457 e. The van der Waals surface area contributed by atoms with Crippen LogP contribution in [0.5, 0.6) is 0 Å². The first-order valence-electron chi connectivity index (χ1n) is 26.6. The quantitative estimate of drug-likeness (QED) is 0.0233. The number of aliphatic hydroxyl groups is 2. The Labute approximate surface area is 398 Å². The Morgan fingerprint density at radius 3 is 1.02 bits per heavy atom. The number of phosphoric ester groups is 1. The lowest BCUT2D eigenvalue weighted by atomic mass is 10.0. The Kier molecular flexibility index (Phi) is 48.2. The number of esters is 2. The van der Waals surface area contributed by atoms with E-state index in [-0.39, 0.29) is 12.8 Å². The van der Waals surface area contributed by atoms with Crippen LogP contribution in [0.2, 0.25) is 0 Å². The topological polar surface area (TPSA) is 149 Å². The molecule has 0 spiro atoms. The van der Waals surface area contributed by atoms with Crippen LogP contribution in [0.25, 0.3) is 0 Å². The molecule has 0 aromatic rings. The Morgan fingerprint density at radius 2 is 0.677 bits per heavy atom. The van der Waals surface area contributed by atoms with Crippen molar-refractivity contribution in [1.29, 1.82) is 0 Å². The summed E-state index contributed by atoms with van der Waals surface area (Å²) in [7, 11) is -4.65. The third-order valence-electron chi connectivity index (χ3n) is 11.5. The van der Waals surface area contributed by atoms with Gasteiger partial charge in [0.1, 0.15) is 12.2 Å². The second kappa shape index (κ2) is 49.8. The van der Waals surface area contributed by atoms with Gasteiger partial charge < -0.3 is 24.6 Å². The summed E-state index contributed by atoms with van der Waals surface area (Å²) in [5, 5.41) is 19.3. The van der Waals surface area contributed by atoms with Gasteiger partial charge >= 0.3 is 19.8 Å². The maximum Gasteiger partial charge on any atom is 0.472 e. The minimum absolute atomic E-state index is 0.177. The summed E-state index contributed by atoms with van der Waals surface area (Å²) >= 11 is 0. The van der Waals surface area contributed by atoms with Crippen LogP contribution in [0.3, 0.4) is 0 Å². The molecule has 0 aliphatic rings. The molecule has 0 radical (unpaired) electrons. The summed E-state index contributed by atoms with van der Waals surface area (Å²) < 4.78 is 32.7. The predicted octanol–water partition coefficient (Wildman–Crippen LogP) is 15.2. The van der Waals surface area contributed by atoms with Gasteiger partial charge in [-0.25, -0.2) is 4.57 Å². The predicted molar refractivity (Wildman–Crippen MR) is 270 cm³/mol. The summed E-state index contributed by atoms with van der Waals surface area (Å²) in [6, 6.07) is 0. The van der Waals surface area contributed by atoms with Gasteiger partial charge in [0.15, 0.2) is 0 Å². The fourth-order valence-corrected chi connectivity index (χ4v) is 8.20. The lowest BCUT2D eigenvalue weighted by Gasteiger charge is -2.20. The fourth-order valence-electron chi connectivity index (χ4n) is 7.41. The Hall–Kier alpha value is -2.07. The van der Waals surface area contributed by atoms with Gasteiger partial charge in [-0.05, 0) is 77.0 Å². The van der Waals surface area contributed by atoms with E-state index in [1.807, 2.05) is 0 Å². The van der Waals surface area contributed by atoms with Crippen molar-refractivity contribution in [3.63, 3.8) is 0 Å². The van der Waals surface area contributed by atoms with Gasteiger partial charge in [-0.2, -0.15) is 0 Å². The van der Waals surface area contributed by atoms with E-state index < -0.39 is 58.4 Å². The highest BCUT2D eigenvalue weighted by atomic mass is 31.2. The van der Waals surface area contributed by atoms with E-state index in [2.05, 4.69) is 62.5 Å². The second-order valence-corrected chi connectivity index (χ2v) is 19.3. The number of carbonyl (C=O) groups is 2. The number of hydrogen-bond donors (Lipinski definition) is 3. The van der Waals surface area contributed by atoms with Gasteiger partial charge in [0.25, 0.3) is 0 Å². The number of phosphoric acid groups is 1. The molecular formula is C54H99O10P. The van der Waals surface area contributed by atoms with E-state index in [9.17, 15) is 29.3 Å². The Morgan fingerprint density at radius 1 is 0.415 bits per heavy atom. The lowest BCUT2D eigenvalue weighted by Crippen LogP contribution is -2.28. The fraction of sp³-hybridized carbons (Fsp3) is 0.815. The molecule has 0 rings (SSSR count). The average Bonchev–Trinajstić information content (AvgIpc) is 3.30. The largest absolute Gasteiger partial charge is 0.472 e. The standard InChI is InChI=1S/C54H99O10P/c1-3-5-7-9-11-13-15-17-19-21-23-24-25-26-28-30-32-34-36-38-40-42-44-46-54(58)64-52(48-56)50-62-65(59,60)61-49-51(47-55)63-53(57)45-43-41-39-37-35-33-31-29-27-22-20-18-16-14-12-10-8-6-4-2/h12,14,18,20-21,23,27,29,51-52,55-56H,3-11,13,15-17,19,22,24-26,28,30-50H2,1-2H3,(H,59,60)/b14-12-,20-18-,23-21-,29-27-. The summed E-state index contributed by atoms with van der Waals surface area (Å²) in [5.74, 6) is -1.03. The highest BCUT2D eigenvalue weighted by Crippen LogP contribution is 2.43. The lowest BCUT2D eigenvalue weighted by molar-refractivity contribution is -0.153. The monoisotopic (exact) mass is 939 g/mol. The number of rotatable bonds is 50. The van der Waals surface area contributed by atoms with E-state index in [1.54, 1.807) is 0 Å². The summed E-state index contributed by atoms with van der Waals surface area (Å²) in [5.41, 5.74) is 0. The second-order valence-electron chi connectivity index (χ2n) is 17.9. The molecule has 0 aliphatic carbocycles. The molecule has 11 heteroatoms.